The highest BCUT2D eigenvalue weighted by molar-refractivity contribution is 8.00. The summed E-state index contributed by atoms with van der Waals surface area (Å²) in [4.78, 5) is 12.2. The Hall–Kier alpha value is -2.54. The maximum Gasteiger partial charge on any atom is 0.233 e. The van der Waals surface area contributed by atoms with Crippen molar-refractivity contribution >= 4 is 17.7 Å². The van der Waals surface area contributed by atoms with Crippen molar-refractivity contribution in [1.82, 2.24) is 20.1 Å². The van der Waals surface area contributed by atoms with Crippen LogP contribution in [-0.4, -0.2) is 32.5 Å². The monoisotopic (exact) mass is 412 g/mol. The number of thioether (sulfide) groups is 1. The molecule has 0 saturated carbocycles. The first-order valence-corrected chi connectivity index (χ1v) is 10.7. The van der Waals surface area contributed by atoms with E-state index in [1.807, 2.05) is 30.5 Å². The van der Waals surface area contributed by atoms with E-state index in [9.17, 15) is 4.79 Å². The van der Waals surface area contributed by atoms with Crippen LogP contribution in [0.1, 0.15) is 45.9 Å². The van der Waals surface area contributed by atoms with Crippen molar-refractivity contribution in [3.05, 3.63) is 54.0 Å². The van der Waals surface area contributed by atoms with Gasteiger partial charge in [-0.2, -0.15) is 0 Å². The molecule has 2 heterocycles. The smallest absolute Gasteiger partial charge is 0.233 e. The number of hydrogen-bond acceptors (Lipinski definition) is 5. The van der Waals surface area contributed by atoms with Crippen LogP contribution in [0, 0.1) is 0 Å². The van der Waals surface area contributed by atoms with Crippen molar-refractivity contribution < 1.29 is 9.21 Å². The van der Waals surface area contributed by atoms with Gasteiger partial charge in [-0.15, -0.1) is 10.2 Å². The van der Waals surface area contributed by atoms with E-state index >= 15 is 0 Å². The summed E-state index contributed by atoms with van der Waals surface area (Å²) in [5, 5.41) is 12.1. The second kappa shape index (κ2) is 8.86. The summed E-state index contributed by atoms with van der Waals surface area (Å²) in [7, 11) is 0. The standard InChI is InChI=1S/C22H28N4O2S/c1-6-23-20(27)15(2)29-21-25-24-19(26(21)14-18-8-7-13-28-18)16-9-11-17(12-10-16)22(3,4)5/h7-13,15H,6,14H2,1-5H3,(H,23,27)/t15-/m1/s1. The molecule has 6 nitrogen and oxygen atoms in total. The third-order valence-electron chi connectivity index (χ3n) is 4.62. The van der Waals surface area contributed by atoms with Gasteiger partial charge in [-0.3, -0.25) is 9.36 Å². The summed E-state index contributed by atoms with van der Waals surface area (Å²) >= 11 is 1.40. The predicted molar refractivity (Wildman–Crippen MR) is 116 cm³/mol. The summed E-state index contributed by atoms with van der Waals surface area (Å²) in [5.41, 5.74) is 2.33. The van der Waals surface area contributed by atoms with E-state index in [0.29, 0.717) is 18.2 Å². The Bertz CT molecular complexity index is 940. The molecule has 7 heteroatoms. The average Bonchev–Trinajstić information content (AvgIpc) is 3.32. The van der Waals surface area contributed by atoms with Gasteiger partial charge in [0.05, 0.1) is 18.1 Å². The first-order chi connectivity index (χ1) is 13.8. The lowest BCUT2D eigenvalue weighted by molar-refractivity contribution is -0.120. The van der Waals surface area contributed by atoms with E-state index in [2.05, 4.69) is 60.6 Å². The molecule has 154 valence electrons. The first-order valence-electron chi connectivity index (χ1n) is 9.80. The maximum atomic E-state index is 12.2. The highest BCUT2D eigenvalue weighted by atomic mass is 32.2. The zero-order chi connectivity index (χ0) is 21.0. The van der Waals surface area contributed by atoms with Crippen LogP contribution in [0.15, 0.2) is 52.2 Å². The number of rotatable bonds is 7. The van der Waals surface area contributed by atoms with Gasteiger partial charge in [-0.1, -0.05) is 56.8 Å². The van der Waals surface area contributed by atoms with Crippen molar-refractivity contribution in [2.75, 3.05) is 6.54 Å². The Morgan fingerprint density at radius 1 is 1.21 bits per heavy atom. The van der Waals surface area contributed by atoms with Gasteiger partial charge < -0.3 is 9.73 Å². The molecule has 0 bridgehead atoms. The largest absolute Gasteiger partial charge is 0.467 e. The average molecular weight is 413 g/mol. The second-order valence-electron chi connectivity index (χ2n) is 7.95. The molecule has 29 heavy (non-hydrogen) atoms. The van der Waals surface area contributed by atoms with Gasteiger partial charge in [-0.05, 0) is 37.0 Å². The first kappa shape index (κ1) is 21.2. The van der Waals surface area contributed by atoms with Crippen molar-refractivity contribution in [3.63, 3.8) is 0 Å². The predicted octanol–water partition coefficient (Wildman–Crippen LogP) is 4.50. The van der Waals surface area contributed by atoms with Crippen LogP contribution in [0.4, 0.5) is 0 Å². The van der Waals surface area contributed by atoms with Crippen molar-refractivity contribution in [3.8, 4) is 11.4 Å². The fourth-order valence-corrected chi connectivity index (χ4v) is 3.81. The Morgan fingerprint density at radius 2 is 1.93 bits per heavy atom. The third-order valence-corrected chi connectivity index (χ3v) is 5.70. The highest BCUT2D eigenvalue weighted by Crippen LogP contribution is 2.30. The molecule has 3 aromatic rings. The lowest BCUT2D eigenvalue weighted by atomic mass is 9.87. The highest BCUT2D eigenvalue weighted by Gasteiger charge is 2.22. The fourth-order valence-electron chi connectivity index (χ4n) is 2.94. The van der Waals surface area contributed by atoms with Crippen molar-refractivity contribution in [2.45, 2.75) is 57.0 Å². The second-order valence-corrected chi connectivity index (χ2v) is 9.26. The number of nitrogens with one attached hydrogen (secondary N) is 1. The van der Waals surface area contributed by atoms with Crippen LogP contribution in [0.5, 0.6) is 0 Å². The fraction of sp³-hybridized carbons (Fsp3) is 0.409. The number of carbonyl (C=O) groups excluding carboxylic acids is 1. The van der Waals surface area contributed by atoms with Gasteiger partial charge in [0.1, 0.15) is 5.76 Å². The molecule has 2 aromatic heterocycles. The Kier molecular flexibility index (Phi) is 6.47. The minimum atomic E-state index is -0.273. The van der Waals surface area contributed by atoms with Crippen LogP contribution >= 0.6 is 11.8 Å². The minimum absolute atomic E-state index is 0.0128. The molecular weight excluding hydrogens is 384 g/mol. The van der Waals surface area contributed by atoms with Crippen LogP contribution in [-0.2, 0) is 16.8 Å². The molecule has 0 aliphatic rings. The van der Waals surface area contributed by atoms with E-state index in [-0.39, 0.29) is 16.6 Å². The SMILES string of the molecule is CCNC(=O)[C@@H](C)Sc1nnc(-c2ccc(C(C)(C)C)cc2)n1Cc1ccco1. The van der Waals surface area contributed by atoms with E-state index in [4.69, 9.17) is 4.42 Å². The van der Waals surface area contributed by atoms with Gasteiger partial charge in [-0.25, -0.2) is 0 Å². The zero-order valence-corrected chi connectivity index (χ0v) is 18.4. The number of aromatic nitrogens is 3. The molecule has 0 aliphatic heterocycles. The molecule has 0 aliphatic carbocycles. The van der Waals surface area contributed by atoms with Gasteiger partial charge in [0.25, 0.3) is 0 Å². The third kappa shape index (κ3) is 5.09. The summed E-state index contributed by atoms with van der Waals surface area (Å²) in [5.74, 6) is 1.55. The Morgan fingerprint density at radius 3 is 2.52 bits per heavy atom. The van der Waals surface area contributed by atoms with Crippen LogP contribution < -0.4 is 5.32 Å². The van der Waals surface area contributed by atoms with E-state index in [0.717, 1.165) is 17.1 Å². The molecule has 0 spiro atoms. The van der Waals surface area contributed by atoms with Gasteiger partial charge >= 0.3 is 0 Å². The van der Waals surface area contributed by atoms with Crippen LogP contribution in [0.2, 0.25) is 0 Å². The molecule has 1 amide bonds. The van der Waals surface area contributed by atoms with Gasteiger partial charge in [0.2, 0.25) is 5.91 Å². The number of carbonyl (C=O) groups is 1. The number of nitrogens with zero attached hydrogens (tertiary/aromatic N) is 3. The van der Waals surface area contributed by atoms with Crippen molar-refractivity contribution in [1.29, 1.82) is 0 Å². The summed E-state index contributed by atoms with van der Waals surface area (Å²) < 4.78 is 7.55. The molecular formula is C22H28N4O2S. The lowest BCUT2D eigenvalue weighted by Gasteiger charge is -2.19. The molecule has 1 aromatic carbocycles. The molecule has 3 rings (SSSR count). The zero-order valence-electron chi connectivity index (χ0n) is 17.6. The summed E-state index contributed by atoms with van der Waals surface area (Å²) in [6.45, 7) is 11.5. The van der Waals surface area contributed by atoms with Crippen molar-refractivity contribution in [2.24, 2.45) is 0 Å². The number of amides is 1. The summed E-state index contributed by atoms with van der Waals surface area (Å²) in [6, 6.07) is 12.2. The van der Waals surface area contributed by atoms with E-state index in [1.54, 1.807) is 6.26 Å². The molecule has 0 radical (unpaired) electrons. The van der Waals surface area contributed by atoms with Gasteiger partial charge in [0, 0.05) is 12.1 Å². The Labute approximate surface area is 176 Å². The quantitative estimate of drug-likeness (QED) is 0.579. The molecule has 1 atom stereocenters. The lowest BCUT2D eigenvalue weighted by Crippen LogP contribution is -2.30. The molecule has 0 unspecified atom stereocenters. The van der Waals surface area contributed by atoms with E-state index < -0.39 is 0 Å². The normalized spacial score (nSPS) is 12.7. The molecule has 1 N–H and O–H groups in total. The maximum absolute atomic E-state index is 12.2. The number of furan rings is 1. The topological polar surface area (TPSA) is 73.0 Å². The Balaban J connectivity index is 1.94. The number of benzene rings is 1. The number of hydrogen-bond donors (Lipinski definition) is 1. The van der Waals surface area contributed by atoms with Gasteiger partial charge in [0.15, 0.2) is 11.0 Å². The molecule has 0 fully saturated rings. The van der Waals surface area contributed by atoms with E-state index in [1.165, 1.54) is 17.3 Å². The minimum Gasteiger partial charge on any atom is -0.467 e. The summed E-state index contributed by atoms with van der Waals surface area (Å²) in [6.07, 6.45) is 1.65. The van der Waals surface area contributed by atoms with Crippen LogP contribution in [0.3, 0.4) is 0 Å². The van der Waals surface area contributed by atoms with Crippen LogP contribution in [0.25, 0.3) is 11.4 Å². The molecule has 0 saturated heterocycles.